The van der Waals surface area contributed by atoms with E-state index in [1.54, 1.807) is 12.5 Å². The number of hydrogen-bond donors (Lipinski definition) is 1. The number of aliphatic hydroxyl groups excluding tert-OH is 1. The van der Waals surface area contributed by atoms with Gasteiger partial charge in [-0.25, -0.2) is 0 Å². The molecule has 0 saturated heterocycles. The summed E-state index contributed by atoms with van der Waals surface area (Å²) in [5, 5.41) is 9.38. The van der Waals surface area contributed by atoms with Crippen molar-refractivity contribution in [3.8, 4) is 22.4 Å². The van der Waals surface area contributed by atoms with Crippen molar-refractivity contribution in [2.24, 2.45) is 0 Å². The van der Waals surface area contributed by atoms with Gasteiger partial charge in [-0.1, -0.05) is 41.5 Å². The predicted molar refractivity (Wildman–Crippen MR) is 111 cm³/mol. The number of nitrogens with zero attached hydrogens (tertiary/aromatic N) is 1. The molecule has 0 amide bonds. The number of benzene rings is 2. The first kappa shape index (κ1) is 22.3. The van der Waals surface area contributed by atoms with Gasteiger partial charge in [0.15, 0.2) is 5.78 Å². The maximum absolute atomic E-state index is 10.0. The molecule has 0 bridgehead atoms. The van der Waals surface area contributed by atoms with Crippen molar-refractivity contribution in [2.75, 3.05) is 0 Å². The van der Waals surface area contributed by atoms with E-state index in [0.717, 1.165) is 27.8 Å². The third-order valence-corrected chi connectivity index (χ3v) is 3.97. The van der Waals surface area contributed by atoms with Crippen molar-refractivity contribution in [3.05, 3.63) is 91.0 Å². The second-order valence-corrected chi connectivity index (χ2v) is 6.25. The number of allylic oxidation sites excluding steroid dienone is 2. The Balaban J connectivity index is 0.000000327. The van der Waals surface area contributed by atoms with E-state index in [2.05, 4.69) is 35.3 Å². The van der Waals surface area contributed by atoms with Crippen molar-refractivity contribution in [1.82, 2.24) is 4.98 Å². The number of ketones is 1. The number of carbonyl (C=O) groups is 1. The molecule has 0 spiro atoms. The molecule has 4 nitrogen and oxygen atoms in total. The molecule has 4 aromatic rings. The van der Waals surface area contributed by atoms with Crippen LogP contribution in [-0.2, 0) is 24.9 Å². The fourth-order valence-corrected chi connectivity index (χ4v) is 2.79. The van der Waals surface area contributed by atoms with Crippen LogP contribution in [0.15, 0.2) is 89.4 Å². The Morgan fingerprint density at radius 3 is 2.38 bits per heavy atom. The second-order valence-electron chi connectivity index (χ2n) is 6.25. The molecule has 0 unspecified atom stereocenters. The number of fused-ring (bicyclic) bond motifs is 1. The van der Waals surface area contributed by atoms with Crippen LogP contribution in [0.3, 0.4) is 0 Å². The molecular weight excluding hydrogens is 542 g/mol. The molecule has 29 heavy (non-hydrogen) atoms. The van der Waals surface area contributed by atoms with Crippen molar-refractivity contribution in [1.29, 1.82) is 0 Å². The molecular formula is C24H20IrNO3-. The van der Waals surface area contributed by atoms with Gasteiger partial charge in [-0.05, 0) is 31.7 Å². The summed E-state index contributed by atoms with van der Waals surface area (Å²) in [5.74, 6) is -0.0625. The summed E-state index contributed by atoms with van der Waals surface area (Å²) in [6, 6.07) is 23.6. The summed E-state index contributed by atoms with van der Waals surface area (Å²) < 4.78 is 5.42. The van der Waals surface area contributed by atoms with Crippen molar-refractivity contribution >= 4 is 16.8 Å². The molecule has 1 radical (unpaired) electrons. The minimum atomic E-state index is -0.125. The molecule has 0 fully saturated rings. The van der Waals surface area contributed by atoms with E-state index < -0.39 is 0 Å². The van der Waals surface area contributed by atoms with Gasteiger partial charge in [-0.3, -0.25) is 4.79 Å². The molecule has 0 aliphatic rings. The Hall–Kier alpha value is -3.01. The largest absolute Gasteiger partial charge is 0.512 e. The molecule has 0 atom stereocenters. The Labute approximate surface area is 183 Å². The van der Waals surface area contributed by atoms with E-state index in [9.17, 15) is 4.79 Å². The summed E-state index contributed by atoms with van der Waals surface area (Å²) >= 11 is 0. The van der Waals surface area contributed by atoms with E-state index in [-0.39, 0.29) is 31.6 Å². The van der Waals surface area contributed by atoms with E-state index in [1.807, 2.05) is 36.4 Å². The van der Waals surface area contributed by atoms with Crippen LogP contribution in [-0.4, -0.2) is 15.9 Å². The van der Waals surface area contributed by atoms with Crippen LogP contribution in [0.5, 0.6) is 0 Å². The molecule has 0 aliphatic heterocycles. The Morgan fingerprint density at radius 2 is 1.79 bits per heavy atom. The van der Waals surface area contributed by atoms with E-state index in [4.69, 9.17) is 9.52 Å². The second kappa shape index (κ2) is 10.5. The Morgan fingerprint density at radius 1 is 1.03 bits per heavy atom. The van der Waals surface area contributed by atoms with Gasteiger partial charge in [-0.15, -0.1) is 29.8 Å². The third kappa shape index (κ3) is 5.98. The quantitative estimate of drug-likeness (QED) is 0.189. The van der Waals surface area contributed by atoms with Gasteiger partial charge in [0.2, 0.25) is 0 Å². The molecule has 2 aromatic carbocycles. The average Bonchev–Trinajstić information content (AvgIpc) is 3.17. The van der Waals surface area contributed by atoms with Crippen LogP contribution < -0.4 is 0 Å². The topological polar surface area (TPSA) is 63.3 Å². The van der Waals surface area contributed by atoms with Gasteiger partial charge in [0, 0.05) is 37.8 Å². The third-order valence-electron chi connectivity index (χ3n) is 3.97. The standard InChI is InChI=1S/C19H12NO.C5H8O2.Ir/c1-2-4-14(5-3-1)15-6-8-16(9-7-15)19-17-11-13-21-18(17)10-12-20-19;1-4(6)3-5(2)7;/h1-8,10-13H;3,6H,1-2H3;/q-1;;/b;4-3-;. The van der Waals surface area contributed by atoms with E-state index >= 15 is 0 Å². The fourth-order valence-electron chi connectivity index (χ4n) is 2.79. The van der Waals surface area contributed by atoms with E-state index in [0.29, 0.717) is 0 Å². The molecule has 4 rings (SSSR count). The first-order valence-corrected chi connectivity index (χ1v) is 8.82. The van der Waals surface area contributed by atoms with Crippen molar-refractivity contribution < 1.29 is 34.4 Å². The van der Waals surface area contributed by atoms with Crippen LogP contribution in [0, 0.1) is 6.07 Å². The first-order valence-electron chi connectivity index (χ1n) is 8.82. The van der Waals surface area contributed by atoms with Crippen molar-refractivity contribution in [3.63, 3.8) is 0 Å². The van der Waals surface area contributed by atoms with Crippen LogP contribution in [0.1, 0.15) is 13.8 Å². The number of hydrogen-bond acceptors (Lipinski definition) is 4. The minimum absolute atomic E-state index is 0. The first-order chi connectivity index (χ1) is 13.5. The number of carbonyl (C=O) groups excluding carboxylic acids is 1. The van der Waals surface area contributed by atoms with Gasteiger partial charge in [0.1, 0.15) is 5.58 Å². The molecule has 5 heteroatoms. The van der Waals surface area contributed by atoms with Gasteiger partial charge < -0.3 is 14.5 Å². The molecule has 149 valence electrons. The summed E-state index contributed by atoms with van der Waals surface area (Å²) in [4.78, 5) is 14.5. The molecule has 2 heterocycles. The Bertz CT molecular complexity index is 1100. The monoisotopic (exact) mass is 563 g/mol. The smallest absolute Gasteiger partial charge is 0.155 e. The summed E-state index contributed by atoms with van der Waals surface area (Å²) in [6.07, 6.45) is 4.62. The predicted octanol–water partition coefficient (Wildman–Crippen LogP) is 6.00. The maximum Gasteiger partial charge on any atom is 0.155 e. The Kier molecular flexibility index (Phi) is 8.08. The zero-order valence-corrected chi connectivity index (χ0v) is 18.4. The summed E-state index contributed by atoms with van der Waals surface area (Å²) in [6.45, 7) is 2.85. The van der Waals surface area contributed by atoms with Crippen LogP contribution in [0.25, 0.3) is 33.4 Å². The summed E-state index contributed by atoms with van der Waals surface area (Å²) in [5.41, 5.74) is 5.07. The summed E-state index contributed by atoms with van der Waals surface area (Å²) in [7, 11) is 0. The number of aromatic nitrogens is 1. The van der Waals surface area contributed by atoms with Gasteiger partial charge in [-0.2, -0.15) is 0 Å². The van der Waals surface area contributed by atoms with E-state index in [1.165, 1.54) is 25.5 Å². The van der Waals surface area contributed by atoms with Gasteiger partial charge in [0.05, 0.1) is 12.0 Å². The minimum Gasteiger partial charge on any atom is -0.512 e. The maximum atomic E-state index is 10.0. The fraction of sp³-hybridized carbons (Fsp3) is 0.0833. The van der Waals surface area contributed by atoms with Gasteiger partial charge in [0.25, 0.3) is 0 Å². The zero-order chi connectivity index (χ0) is 19.9. The SMILES string of the molecule is CC(=O)/C=C(/C)O.[Ir].[c-]1cc(-c2ccccc2)ccc1-c1nccc2occc12. The number of aliphatic hydroxyl groups is 1. The zero-order valence-electron chi connectivity index (χ0n) is 16.0. The van der Waals surface area contributed by atoms with Crippen molar-refractivity contribution in [2.45, 2.75) is 13.8 Å². The molecule has 1 N–H and O–H groups in total. The normalized spacial score (nSPS) is 10.6. The van der Waals surface area contributed by atoms with Gasteiger partial charge >= 0.3 is 0 Å². The molecule has 0 saturated carbocycles. The number of furan rings is 1. The molecule has 0 aliphatic carbocycles. The van der Waals surface area contributed by atoms with Crippen LogP contribution in [0.4, 0.5) is 0 Å². The number of rotatable bonds is 3. The number of pyridine rings is 1. The average molecular weight is 563 g/mol. The molecule has 2 aromatic heterocycles. The van der Waals surface area contributed by atoms with Crippen LogP contribution in [0.2, 0.25) is 0 Å². The van der Waals surface area contributed by atoms with Crippen LogP contribution >= 0.6 is 0 Å².